The molecule has 0 aromatic heterocycles. The van der Waals surface area contributed by atoms with Crippen LogP contribution in [0, 0.1) is 17.8 Å². The maximum Gasteiger partial charge on any atom is 0.426 e. The first kappa shape index (κ1) is 18.3. The molecule has 140 valence electrons. The summed E-state index contributed by atoms with van der Waals surface area (Å²) in [5.41, 5.74) is -4.13. The van der Waals surface area contributed by atoms with Crippen LogP contribution in [-0.4, -0.2) is 30.9 Å². The Bertz CT molecular complexity index is 427. The van der Waals surface area contributed by atoms with Crippen molar-refractivity contribution in [1.29, 1.82) is 0 Å². The van der Waals surface area contributed by atoms with Gasteiger partial charge in [0.2, 0.25) is 0 Å². The van der Waals surface area contributed by atoms with E-state index in [1.165, 1.54) is 0 Å². The predicted molar refractivity (Wildman–Crippen MR) is 73.1 cm³/mol. The molecule has 0 radical (unpaired) electrons. The van der Waals surface area contributed by atoms with Crippen LogP contribution >= 0.6 is 0 Å². The van der Waals surface area contributed by atoms with Crippen molar-refractivity contribution in [1.82, 2.24) is 0 Å². The third-order valence-corrected chi connectivity index (χ3v) is 5.82. The summed E-state index contributed by atoms with van der Waals surface area (Å²) < 4.78 is 91.5. The van der Waals surface area contributed by atoms with Crippen molar-refractivity contribution >= 4 is 0 Å². The summed E-state index contributed by atoms with van der Waals surface area (Å²) >= 11 is 0. The fourth-order valence-electron chi connectivity index (χ4n) is 4.60. The Balaban J connectivity index is 1.85. The first-order valence-corrected chi connectivity index (χ1v) is 8.55. The number of hydrogen-bond donors (Lipinski definition) is 0. The minimum absolute atomic E-state index is 0.0463. The molecule has 4 atom stereocenters. The molecule has 0 amide bonds. The van der Waals surface area contributed by atoms with Crippen LogP contribution in [0.4, 0.5) is 26.3 Å². The van der Waals surface area contributed by atoms with Crippen LogP contribution in [0.25, 0.3) is 0 Å². The number of hydrogen-bond acceptors (Lipinski definition) is 2. The van der Waals surface area contributed by atoms with E-state index in [1.54, 1.807) is 0 Å². The number of halogens is 6. The third kappa shape index (κ3) is 3.28. The summed E-state index contributed by atoms with van der Waals surface area (Å²) in [6, 6.07) is 0. The van der Waals surface area contributed by atoms with Crippen molar-refractivity contribution in [2.45, 2.75) is 75.6 Å². The molecule has 0 aromatic carbocycles. The Morgan fingerprint density at radius 2 is 1.58 bits per heavy atom. The second-order valence-electron chi connectivity index (χ2n) is 7.38. The van der Waals surface area contributed by atoms with E-state index in [-0.39, 0.29) is 24.9 Å². The van der Waals surface area contributed by atoms with Crippen LogP contribution in [0.5, 0.6) is 0 Å². The lowest BCUT2D eigenvalue weighted by Crippen LogP contribution is -2.61. The third-order valence-electron chi connectivity index (χ3n) is 5.82. The smallest absolute Gasteiger partial charge is 0.353 e. The Kier molecular flexibility index (Phi) is 4.83. The maximum atomic E-state index is 13.6. The summed E-state index contributed by atoms with van der Waals surface area (Å²) in [6.45, 7) is 0.130. The minimum Gasteiger partial charge on any atom is -0.353 e. The van der Waals surface area contributed by atoms with E-state index in [4.69, 9.17) is 9.47 Å². The summed E-state index contributed by atoms with van der Waals surface area (Å²) in [7, 11) is 0. The zero-order valence-corrected chi connectivity index (χ0v) is 13.3. The zero-order valence-electron chi connectivity index (χ0n) is 13.3. The second-order valence-corrected chi connectivity index (χ2v) is 7.38. The van der Waals surface area contributed by atoms with Gasteiger partial charge in [-0.1, -0.05) is 6.42 Å². The summed E-state index contributed by atoms with van der Waals surface area (Å²) in [5.74, 6) is -0.365. The number of alkyl halides is 6. The molecule has 4 unspecified atom stereocenters. The van der Waals surface area contributed by atoms with Crippen molar-refractivity contribution in [3.63, 3.8) is 0 Å². The lowest BCUT2D eigenvalue weighted by atomic mass is 9.79. The van der Waals surface area contributed by atoms with Gasteiger partial charge in [0.15, 0.2) is 6.29 Å². The lowest BCUT2D eigenvalue weighted by molar-refractivity contribution is -0.416. The molecule has 3 rings (SSSR count). The molecule has 1 heterocycles. The van der Waals surface area contributed by atoms with Gasteiger partial charge in [0, 0.05) is 6.61 Å². The highest BCUT2D eigenvalue weighted by molar-refractivity contribution is 5.02. The van der Waals surface area contributed by atoms with Gasteiger partial charge in [-0.3, -0.25) is 0 Å². The van der Waals surface area contributed by atoms with Gasteiger partial charge in [-0.2, -0.15) is 26.3 Å². The van der Waals surface area contributed by atoms with E-state index in [2.05, 4.69) is 0 Å². The summed E-state index contributed by atoms with van der Waals surface area (Å²) in [4.78, 5) is 0. The average molecular weight is 360 g/mol. The Hall–Kier alpha value is -0.500. The van der Waals surface area contributed by atoms with Gasteiger partial charge in [-0.05, 0) is 62.7 Å². The molecule has 8 heteroatoms. The number of ether oxygens (including phenoxy) is 2. The normalized spacial score (nSPS) is 34.8. The van der Waals surface area contributed by atoms with Crippen LogP contribution in [0.2, 0.25) is 0 Å². The second kappa shape index (κ2) is 6.34. The van der Waals surface area contributed by atoms with Gasteiger partial charge < -0.3 is 9.47 Å². The van der Waals surface area contributed by atoms with Crippen LogP contribution in [0.3, 0.4) is 0 Å². The average Bonchev–Trinajstić information content (AvgIpc) is 3.07. The molecule has 1 saturated heterocycles. The van der Waals surface area contributed by atoms with Gasteiger partial charge >= 0.3 is 12.4 Å². The molecular weight excluding hydrogens is 338 g/mol. The van der Waals surface area contributed by atoms with Crippen molar-refractivity contribution in [3.8, 4) is 0 Å². The van der Waals surface area contributed by atoms with Crippen molar-refractivity contribution in [2.24, 2.45) is 17.8 Å². The van der Waals surface area contributed by atoms with Crippen molar-refractivity contribution in [3.05, 3.63) is 0 Å². The quantitative estimate of drug-likeness (QED) is 0.640. The number of fused-ring (bicyclic) bond motifs is 2. The van der Waals surface area contributed by atoms with E-state index < -0.39 is 36.6 Å². The Labute approximate surface area is 136 Å². The summed E-state index contributed by atoms with van der Waals surface area (Å²) in [6.07, 6.45) is -9.51. The van der Waals surface area contributed by atoms with Gasteiger partial charge in [-0.15, -0.1) is 0 Å². The van der Waals surface area contributed by atoms with Crippen LogP contribution in [0.15, 0.2) is 0 Å². The molecule has 2 nitrogen and oxygen atoms in total. The van der Waals surface area contributed by atoms with E-state index in [9.17, 15) is 26.3 Å². The molecule has 3 aliphatic rings. The monoisotopic (exact) mass is 360 g/mol. The summed E-state index contributed by atoms with van der Waals surface area (Å²) in [5, 5.41) is 0. The highest BCUT2D eigenvalue weighted by Gasteiger charge is 2.73. The predicted octanol–water partition coefficient (Wildman–Crippen LogP) is 5.22. The van der Waals surface area contributed by atoms with E-state index in [1.807, 2.05) is 0 Å². The standard InChI is InChI=1S/C16H22F6O2/c17-15(18,19)14(16(20,21)22,24-13-3-1-2-6-23-13)9-12-8-10-4-5-11(12)7-10/h10-13H,1-9H2. The molecule has 2 bridgehead atoms. The Morgan fingerprint density at radius 3 is 2.04 bits per heavy atom. The van der Waals surface area contributed by atoms with E-state index in [0.29, 0.717) is 19.3 Å². The highest BCUT2D eigenvalue weighted by Crippen LogP contribution is 2.57. The fourth-order valence-corrected chi connectivity index (χ4v) is 4.60. The molecule has 2 saturated carbocycles. The van der Waals surface area contributed by atoms with E-state index in [0.717, 1.165) is 19.3 Å². The molecule has 2 aliphatic carbocycles. The van der Waals surface area contributed by atoms with E-state index >= 15 is 0 Å². The van der Waals surface area contributed by atoms with Gasteiger partial charge in [0.05, 0.1) is 0 Å². The van der Waals surface area contributed by atoms with Crippen LogP contribution in [-0.2, 0) is 9.47 Å². The molecule has 0 N–H and O–H groups in total. The van der Waals surface area contributed by atoms with Crippen LogP contribution < -0.4 is 0 Å². The number of rotatable bonds is 4. The minimum atomic E-state index is -5.52. The van der Waals surface area contributed by atoms with Crippen LogP contribution in [0.1, 0.15) is 51.4 Å². The maximum absolute atomic E-state index is 13.6. The first-order chi connectivity index (χ1) is 11.1. The van der Waals surface area contributed by atoms with Gasteiger partial charge in [0.25, 0.3) is 5.60 Å². The zero-order chi connectivity index (χ0) is 17.6. The lowest BCUT2D eigenvalue weighted by Gasteiger charge is -2.42. The first-order valence-electron chi connectivity index (χ1n) is 8.55. The molecule has 3 fully saturated rings. The molecule has 0 spiro atoms. The Morgan fingerprint density at radius 1 is 0.875 bits per heavy atom. The van der Waals surface area contributed by atoms with Gasteiger partial charge in [-0.25, -0.2) is 0 Å². The van der Waals surface area contributed by atoms with Crippen molar-refractivity contribution in [2.75, 3.05) is 6.61 Å². The SMILES string of the molecule is FC(F)(F)C(CC1CC2CCC1C2)(OC1CCCCO1)C(F)(F)F. The molecule has 0 aromatic rings. The largest absolute Gasteiger partial charge is 0.426 e. The molecule has 1 aliphatic heterocycles. The molecule has 24 heavy (non-hydrogen) atoms. The fraction of sp³-hybridized carbons (Fsp3) is 1.00. The van der Waals surface area contributed by atoms with Crippen molar-refractivity contribution < 1.29 is 35.8 Å². The van der Waals surface area contributed by atoms with Gasteiger partial charge in [0.1, 0.15) is 0 Å². The topological polar surface area (TPSA) is 18.5 Å². The molecular formula is C16H22F6O2. The highest BCUT2D eigenvalue weighted by atomic mass is 19.4.